The fraction of sp³-hybridized carbons (Fsp3) is 0. The molecule has 2 aromatic rings. The molecule has 0 aliphatic carbocycles. The molecule has 0 fully saturated rings. The van der Waals surface area contributed by atoms with Gasteiger partial charge >= 0.3 is 6.03 Å². The van der Waals surface area contributed by atoms with Crippen LogP contribution in [0, 0.1) is 5.82 Å². The molecule has 0 heterocycles. The van der Waals surface area contributed by atoms with Gasteiger partial charge in [-0.3, -0.25) is 4.21 Å². The van der Waals surface area contributed by atoms with E-state index in [0.29, 0.717) is 0 Å². The van der Waals surface area contributed by atoms with Crippen molar-refractivity contribution in [1.82, 2.24) is 0 Å². The van der Waals surface area contributed by atoms with E-state index in [9.17, 15) is 23.1 Å². The van der Waals surface area contributed by atoms with Crippen molar-refractivity contribution in [2.75, 3.05) is 10.6 Å². The van der Waals surface area contributed by atoms with Gasteiger partial charge in [-0.25, -0.2) is 9.18 Å². The van der Waals surface area contributed by atoms with Crippen LogP contribution in [0.3, 0.4) is 0 Å². The number of phenols is 1. The number of carbonyl (C=O) groups is 1. The third kappa shape index (κ3) is 3.91. The minimum absolute atomic E-state index is 0.00486. The number of nitrogens with one attached hydrogen (secondary N) is 2. The number of hydrogen-bond acceptors (Lipinski definition) is 4. The molecule has 1 unspecified atom stereocenters. The van der Waals surface area contributed by atoms with Crippen molar-refractivity contribution in [2.24, 2.45) is 0 Å². The van der Waals surface area contributed by atoms with Crippen LogP contribution in [-0.4, -0.2) is 19.9 Å². The van der Waals surface area contributed by atoms with Gasteiger partial charge in [-0.15, -0.1) is 0 Å². The topological polar surface area (TPSA) is 101 Å². The van der Waals surface area contributed by atoms with Gasteiger partial charge in [0, 0.05) is 0 Å². The molecule has 0 spiro atoms. The molecular weight excluding hydrogens is 370 g/mol. The highest BCUT2D eigenvalue weighted by Crippen LogP contribution is 2.35. The third-order valence-electron chi connectivity index (χ3n) is 2.70. The SMILES string of the molecule is O=C(Nc1ccc(Cl)c(S(=O)[O-])c1O)Nc1cccc(F)c1Cl. The van der Waals surface area contributed by atoms with Gasteiger partial charge in [-0.05, 0) is 35.3 Å². The average molecular weight is 378 g/mol. The zero-order valence-electron chi connectivity index (χ0n) is 11.1. The lowest BCUT2D eigenvalue weighted by molar-refractivity contribution is 0.262. The van der Waals surface area contributed by atoms with Crippen molar-refractivity contribution in [3.8, 4) is 5.75 Å². The van der Waals surface area contributed by atoms with Crippen molar-refractivity contribution < 1.29 is 23.1 Å². The van der Waals surface area contributed by atoms with Crippen molar-refractivity contribution in [3.05, 3.63) is 46.2 Å². The molecule has 0 saturated carbocycles. The van der Waals surface area contributed by atoms with Crippen LogP contribution in [0.15, 0.2) is 35.2 Å². The van der Waals surface area contributed by atoms with Gasteiger partial charge in [-0.2, -0.15) is 0 Å². The number of benzene rings is 2. The van der Waals surface area contributed by atoms with E-state index in [4.69, 9.17) is 23.2 Å². The summed E-state index contributed by atoms with van der Waals surface area (Å²) in [6.45, 7) is 0. The summed E-state index contributed by atoms with van der Waals surface area (Å²) >= 11 is 8.56. The molecule has 3 N–H and O–H groups in total. The van der Waals surface area contributed by atoms with Crippen LogP contribution in [0.1, 0.15) is 0 Å². The molecular formula is C13H8Cl2FN2O4S-. The van der Waals surface area contributed by atoms with E-state index >= 15 is 0 Å². The maximum atomic E-state index is 13.3. The van der Waals surface area contributed by atoms with Crippen molar-refractivity contribution in [3.63, 3.8) is 0 Å². The maximum Gasteiger partial charge on any atom is 0.323 e. The quantitative estimate of drug-likeness (QED) is 0.560. The Morgan fingerprint density at radius 1 is 1.17 bits per heavy atom. The van der Waals surface area contributed by atoms with Crippen molar-refractivity contribution in [2.45, 2.75) is 4.90 Å². The second kappa shape index (κ2) is 7.14. The van der Waals surface area contributed by atoms with E-state index < -0.39 is 33.6 Å². The largest absolute Gasteiger partial charge is 0.768 e. The van der Waals surface area contributed by atoms with Crippen LogP contribution in [0.2, 0.25) is 10.0 Å². The zero-order chi connectivity index (χ0) is 17.1. The van der Waals surface area contributed by atoms with Crippen LogP contribution < -0.4 is 10.6 Å². The van der Waals surface area contributed by atoms with E-state index in [2.05, 4.69) is 10.6 Å². The summed E-state index contributed by atoms with van der Waals surface area (Å²) in [5.74, 6) is -1.44. The first-order valence-electron chi connectivity index (χ1n) is 5.94. The van der Waals surface area contributed by atoms with Gasteiger partial charge < -0.3 is 20.3 Å². The number of halogens is 3. The molecule has 0 aliphatic heterocycles. The lowest BCUT2D eigenvalue weighted by atomic mass is 10.3. The van der Waals surface area contributed by atoms with E-state index in [0.717, 1.165) is 6.07 Å². The standard InChI is InChI=1S/C13H9Cl2FN2O4S/c14-6-4-5-9(11(19)12(6)23(21)22)18-13(20)17-8-3-1-2-7(16)10(8)15/h1-5,19H,(H,21,22)(H2,17,18,20)/p-1. The van der Waals surface area contributed by atoms with Crippen LogP contribution in [0.5, 0.6) is 5.75 Å². The molecule has 6 nitrogen and oxygen atoms in total. The summed E-state index contributed by atoms with van der Waals surface area (Å²) in [6.07, 6.45) is 0. The first-order valence-corrected chi connectivity index (χ1v) is 7.77. The van der Waals surface area contributed by atoms with E-state index in [1.807, 2.05) is 0 Å². The first-order chi connectivity index (χ1) is 10.8. The summed E-state index contributed by atoms with van der Waals surface area (Å²) in [5.41, 5.74) is -0.191. The fourth-order valence-electron chi connectivity index (χ4n) is 1.68. The summed E-state index contributed by atoms with van der Waals surface area (Å²) in [7, 11) is 0. The Kier molecular flexibility index (Phi) is 5.42. The normalized spacial score (nSPS) is 11.8. The number of urea groups is 1. The molecule has 23 heavy (non-hydrogen) atoms. The number of amides is 2. The highest BCUT2D eigenvalue weighted by molar-refractivity contribution is 7.79. The fourth-order valence-corrected chi connectivity index (χ4v) is 2.69. The van der Waals surface area contributed by atoms with Crippen LogP contribution in [-0.2, 0) is 11.1 Å². The smallest absolute Gasteiger partial charge is 0.323 e. The zero-order valence-corrected chi connectivity index (χ0v) is 13.4. The Balaban J connectivity index is 2.23. The minimum atomic E-state index is -2.80. The summed E-state index contributed by atoms with van der Waals surface area (Å²) < 4.78 is 35.3. The van der Waals surface area contributed by atoms with E-state index in [1.54, 1.807) is 0 Å². The van der Waals surface area contributed by atoms with Crippen LogP contribution in [0.25, 0.3) is 0 Å². The Bertz CT molecular complexity index is 804. The molecule has 2 rings (SSSR count). The number of phenolic OH excluding ortho intramolecular Hbond substituents is 1. The van der Waals surface area contributed by atoms with E-state index in [-0.39, 0.29) is 21.4 Å². The molecule has 10 heteroatoms. The molecule has 1 atom stereocenters. The molecule has 0 saturated heterocycles. The van der Waals surface area contributed by atoms with Crippen molar-refractivity contribution in [1.29, 1.82) is 0 Å². The molecule has 2 aromatic carbocycles. The molecule has 0 bridgehead atoms. The van der Waals surface area contributed by atoms with Gasteiger partial charge in [-0.1, -0.05) is 29.3 Å². The molecule has 122 valence electrons. The average Bonchev–Trinajstić information content (AvgIpc) is 2.47. The lowest BCUT2D eigenvalue weighted by Crippen LogP contribution is -2.20. The summed E-state index contributed by atoms with van der Waals surface area (Å²) in [5, 5.41) is 13.8. The Hall–Kier alpha value is -1.87. The van der Waals surface area contributed by atoms with Crippen LogP contribution >= 0.6 is 23.2 Å². The molecule has 0 aliphatic rings. The number of rotatable bonds is 3. The number of hydrogen-bond donors (Lipinski definition) is 3. The van der Waals surface area contributed by atoms with E-state index in [1.165, 1.54) is 24.3 Å². The number of anilines is 2. The summed E-state index contributed by atoms with van der Waals surface area (Å²) in [4.78, 5) is 11.3. The predicted octanol–water partition coefficient (Wildman–Crippen LogP) is 3.72. The molecule has 0 radical (unpaired) electrons. The highest BCUT2D eigenvalue weighted by atomic mass is 35.5. The second-order valence-corrected chi connectivity index (χ2v) is 5.85. The van der Waals surface area contributed by atoms with Crippen LogP contribution in [0.4, 0.5) is 20.6 Å². The third-order valence-corrected chi connectivity index (χ3v) is 4.26. The number of carbonyl (C=O) groups excluding carboxylic acids is 1. The van der Waals surface area contributed by atoms with Gasteiger partial charge in [0.25, 0.3) is 0 Å². The predicted molar refractivity (Wildman–Crippen MR) is 84.4 cm³/mol. The van der Waals surface area contributed by atoms with Gasteiger partial charge in [0.05, 0.1) is 26.3 Å². The monoisotopic (exact) mass is 377 g/mol. The van der Waals surface area contributed by atoms with Gasteiger partial charge in [0.2, 0.25) is 0 Å². The first kappa shape index (κ1) is 17.5. The van der Waals surface area contributed by atoms with Gasteiger partial charge in [0.15, 0.2) is 5.75 Å². The molecule has 2 amide bonds. The highest BCUT2D eigenvalue weighted by Gasteiger charge is 2.15. The lowest BCUT2D eigenvalue weighted by Gasteiger charge is -2.15. The molecule has 0 aromatic heterocycles. The van der Waals surface area contributed by atoms with Gasteiger partial charge in [0.1, 0.15) is 5.82 Å². The minimum Gasteiger partial charge on any atom is -0.768 e. The Labute approximate surface area is 142 Å². The summed E-state index contributed by atoms with van der Waals surface area (Å²) in [6, 6.07) is 5.36. The second-order valence-electron chi connectivity index (χ2n) is 4.19. The Morgan fingerprint density at radius 2 is 1.83 bits per heavy atom. The number of aromatic hydroxyl groups is 1. The van der Waals surface area contributed by atoms with Crippen molar-refractivity contribution >= 4 is 51.7 Å². The maximum absolute atomic E-state index is 13.3. The Morgan fingerprint density at radius 3 is 2.48 bits per heavy atom.